The quantitative estimate of drug-likeness (QED) is 0.611. The molecule has 0 saturated heterocycles. The first kappa shape index (κ1) is 12.1. The second kappa shape index (κ2) is 5.33. The van der Waals surface area contributed by atoms with Crippen LogP contribution in [0.3, 0.4) is 0 Å². The third-order valence-electron chi connectivity index (χ3n) is 1.94. The fourth-order valence-electron chi connectivity index (χ4n) is 1.18. The zero-order valence-electron chi connectivity index (χ0n) is 8.08. The molecule has 16 heavy (non-hydrogen) atoms. The Labute approximate surface area is 116 Å². The molecule has 3 nitrogen and oxygen atoms in total. The van der Waals surface area contributed by atoms with Gasteiger partial charge in [0.1, 0.15) is 0 Å². The fourth-order valence-corrected chi connectivity index (χ4v) is 1.86. The maximum Gasteiger partial charge on any atom is 0.247 e. The Morgan fingerprint density at radius 2 is 2.12 bits per heavy atom. The van der Waals surface area contributed by atoms with Gasteiger partial charge in [0, 0.05) is 21.4 Å². The van der Waals surface area contributed by atoms with E-state index >= 15 is 0 Å². The monoisotopic (exact) mass is 368 g/mol. The van der Waals surface area contributed by atoms with Gasteiger partial charge >= 0.3 is 0 Å². The molecule has 0 aliphatic rings. The van der Waals surface area contributed by atoms with Gasteiger partial charge in [0.05, 0.1) is 5.02 Å². The number of halogens is 3. The second-order valence-corrected chi connectivity index (χ2v) is 5.02. The van der Waals surface area contributed by atoms with Gasteiger partial charge in [-0.05, 0) is 40.8 Å². The summed E-state index contributed by atoms with van der Waals surface area (Å²) in [4.78, 5) is 0. The number of aryl methyl sites for hydroxylation is 1. The largest absolute Gasteiger partial charge is 0.421 e. The van der Waals surface area contributed by atoms with E-state index in [2.05, 4.69) is 32.8 Å². The van der Waals surface area contributed by atoms with Gasteiger partial charge in [0.25, 0.3) is 0 Å². The van der Waals surface area contributed by atoms with Crippen molar-refractivity contribution in [1.29, 1.82) is 0 Å². The Morgan fingerprint density at radius 1 is 1.31 bits per heavy atom. The van der Waals surface area contributed by atoms with Gasteiger partial charge in [-0.3, -0.25) is 0 Å². The molecule has 0 N–H and O–H groups in total. The van der Waals surface area contributed by atoms with Crippen molar-refractivity contribution in [3.8, 4) is 11.5 Å². The predicted octanol–water partition coefficient (Wildman–Crippen LogP) is 3.78. The summed E-state index contributed by atoms with van der Waals surface area (Å²) < 4.78 is 6.43. The van der Waals surface area contributed by atoms with Gasteiger partial charge in [-0.15, -0.1) is 21.8 Å². The highest BCUT2D eigenvalue weighted by atomic mass is 127. The molecular formula is C10H7Cl2IN2O. The molecule has 0 fully saturated rings. The first-order valence-electron chi connectivity index (χ1n) is 4.54. The SMILES string of the molecule is ClCCc1nnc(-c2ccc(I)c(Cl)c2)o1. The van der Waals surface area contributed by atoms with E-state index < -0.39 is 0 Å². The van der Waals surface area contributed by atoms with E-state index in [0.717, 1.165) is 9.13 Å². The van der Waals surface area contributed by atoms with E-state index in [4.69, 9.17) is 27.6 Å². The Kier molecular flexibility index (Phi) is 4.05. The first-order valence-corrected chi connectivity index (χ1v) is 6.53. The summed E-state index contributed by atoms with van der Waals surface area (Å²) in [6.45, 7) is 0. The van der Waals surface area contributed by atoms with Crippen LogP contribution in [0, 0.1) is 3.57 Å². The highest BCUT2D eigenvalue weighted by molar-refractivity contribution is 14.1. The average molecular weight is 369 g/mol. The minimum absolute atomic E-state index is 0.467. The lowest BCUT2D eigenvalue weighted by Crippen LogP contribution is -1.84. The highest BCUT2D eigenvalue weighted by Gasteiger charge is 2.09. The van der Waals surface area contributed by atoms with Crippen LogP contribution in [0.2, 0.25) is 5.02 Å². The van der Waals surface area contributed by atoms with Crippen molar-refractivity contribution < 1.29 is 4.42 Å². The molecule has 84 valence electrons. The molecule has 0 radical (unpaired) electrons. The molecule has 2 aromatic rings. The molecule has 0 amide bonds. The van der Waals surface area contributed by atoms with Crippen molar-refractivity contribution in [1.82, 2.24) is 10.2 Å². The smallest absolute Gasteiger partial charge is 0.247 e. The zero-order chi connectivity index (χ0) is 11.5. The fraction of sp³-hybridized carbons (Fsp3) is 0.200. The number of alkyl halides is 1. The molecule has 0 unspecified atom stereocenters. The van der Waals surface area contributed by atoms with Gasteiger partial charge in [-0.25, -0.2) is 0 Å². The topological polar surface area (TPSA) is 38.9 Å². The Balaban J connectivity index is 2.31. The summed E-state index contributed by atoms with van der Waals surface area (Å²) in [5.74, 6) is 1.48. The number of benzene rings is 1. The van der Waals surface area contributed by atoms with Crippen LogP contribution in [0.5, 0.6) is 0 Å². The number of aromatic nitrogens is 2. The van der Waals surface area contributed by atoms with Crippen molar-refractivity contribution in [3.63, 3.8) is 0 Å². The summed E-state index contributed by atoms with van der Waals surface area (Å²) in [6, 6.07) is 5.61. The molecule has 6 heteroatoms. The third kappa shape index (κ3) is 2.67. The van der Waals surface area contributed by atoms with Gasteiger partial charge in [0.2, 0.25) is 11.8 Å². The van der Waals surface area contributed by atoms with Crippen molar-refractivity contribution in [2.24, 2.45) is 0 Å². The molecule has 0 aliphatic carbocycles. The molecule has 0 atom stereocenters. The summed E-state index contributed by atoms with van der Waals surface area (Å²) in [5, 5.41) is 8.50. The number of hydrogen-bond donors (Lipinski definition) is 0. The minimum atomic E-state index is 0.467. The van der Waals surface area contributed by atoms with Crippen LogP contribution in [0.4, 0.5) is 0 Å². The molecule has 0 saturated carbocycles. The summed E-state index contributed by atoms with van der Waals surface area (Å²) in [7, 11) is 0. The van der Waals surface area contributed by atoms with Crippen LogP contribution in [-0.4, -0.2) is 16.1 Å². The average Bonchev–Trinajstić information content (AvgIpc) is 2.71. The molecule has 0 spiro atoms. The number of hydrogen-bond acceptors (Lipinski definition) is 3. The Hall–Kier alpha value is -0.330. The van der Waals surface area contributed by atoms with Crippen molar-refractivity contribution in [2.45, 2.75) is 6.42 Å². The third-order valence-corrected chi connectivity index (χ3v) is 3.70. The van der Waals surface area contributed by atoms with Gasteiger partial charge in [-0.2, -0.15) is 0 Å². The van der Waals surface area contributed by atoms with Crippen LogP contribution in [0.1, 0.15) is 5.89 Å². The summed E-state index contributed by atoms with van der Waals surface area (Å²) in [5.41, 5.74) is 0.818. The van der Waals surface area contributed by atoms with E-state index in [1.165, 1.54) is 0 Å². The predicted molar refractivity (Wildman–Crippen MR) is 71.9 cm³/mol. The number of nitrogens with zero attached hydrogens (tertiary/aromatic N) is 2. The normalized spacial score (nSPS) is 10.7. The van der Waals surface area contributed by atoms with Crippen LogP contribution in [0.25, 0.3) is 11.5 Å². The maximum atomic E-state index is 6.01. The van der Waals surface area contributed by atoms with E-state index in [0.29, 0.717) is 29.1 Å². The van der Waals surface area contributed by atoms with Crippen LogP contribution >= 0.6 is 45.8 Å². The molecule has 0 aliphatic heterocycles. The van der Waals surface area contributed by atoms with Crippen molar-refractivity contribution in [2.75, 3.05) is 5.88 Å². The highest BCUT2D eigenvalue weighted by Crippen LogP contribution is 2.25. The molecule has 0 bridgehead atoms. The lowest BCUT2D eigenvalue weighted by Gasteiger charge is -1.97. The van der Waals surface area contributed by atoms with E-state index in [1.807, 2.05) is 12.1 Å². The van der Waals surface area contributed by atoms with E-state index in [-0.39, 0.29) is 0 Å². The van der Waals surface area contributed by atoms with Crippen LogP contribution in [-0.2, 0) is 6.42 Å². The van der Waals surface area contributed by atoms with Crippen molar-refractivity contribution in [3.05, 3.63) is 32.7 Å². The molecule has 2 rings (SSSR count). The summed E-state index contributed by atoms with van der Waals surface area (Å²) >= 11 is 13.8. The zero-order valence-corrected chi connectivity index (χ0v) is 11.8. The van der Waals surface area contributed by atoms with E-state index in [9.17, 15) is 0 Å². The standard InChI is InChI=1S/C10H7Cl2IN2O/c11-4-3-9-14-15-10(16-9)6-1-2-8(13)7(12)5-6/h1-2,5H,3-4H2. The molecule has 1 aromatic heterocycles. The lowest BCUT2D eigenvalue weighted by molar-refractivity contribution is 0.513. The molecular weight excluding hydrogens is 362 g/mol. The second-order valence-electron chi connectivity index (χ2n) is 3.07. The van der Waals surface area contributed by atoms with Crippen LogP contribution in [0.15, 0.2) is 22.6 Å². The van der Waals surface area contributed by atoms with Crippen molar-refractivity contribution >= 4 is 45.8 Å². The molecule has 1 aromatic carbocycles. The van der Waals surface area contributed by atoms with Crippen LogP contribution < -0.4 is 0 Å². The van der Waals surface area contributed by atoms with Gasteiger partial charge < -0.3 is 4.42 Å². The minimum Gasteiger partial charge on any atom is -0.421 e. The Bertz CT molecular complexity index is 501. The Morgan fingerprint density at radius 3 is 2.81 bits per heavy atom. The molecule has 1 heterocycles. The summed E-state index contributed by atoms with van der Waals surface area (Å²) in [6.07, 6.45) is 0.576. The lowest BCUT2D eigenvalue weighted by atomic mass is 10.2. The van der Waals surface area contributed by atoms with Gasteiger partial charge in [0.15, 0.2) is 0 Å². The first-order chi connectivity index (χ1) is 7.70. The van der Waals surface area contributed by atoms with E-state index in [1.54, 1.807) is 6.07 Å². The van der Waals surface area contributed by atoms with Gasteiger partial charge in [-0.1, -0.05) is 11.6 Å². The maximum absolute atomic E-state index is 6.01. The number of rotatable bonds is 3.